The molecule has 2 aromatic carbocycles. The minimum Gasteiger partial charge on any atom is -0.489 e. The maximum absolute atomic E-state index is 13.3. The summed E-state index contributed by atoms with van der Waals surface area (Å²) in [5, 5.41) is 11.5. The topological polar surface area (TPSA) is 67.8 Å². The van der Waals surface area contributed by atoms with Gasteiger partial charge in [0, 0.05) is 12.0 Å². The van der Waals surface area contributed by atoms with Crippen molar-refractivity contribution in [2.24, 2.45) is 10.9 Å². The number of nitrogens with two attached hydrogens (primary N) is 1. The quantitative estimate of drug-likeness (QED) is 0.385. The van der Waals surface area contributed by atoms with Crippen LogP contribution >= 0.6 is 11.6 Å². The highest BCUT2D eigenvalue weighted by Crippen LogP contribution is 2.22. The summed E-state index contributed by atoms with van der Waals surface area (Å²) in [7, 11) is 0. The van der Waals surface area contributed by atoms with E-state index in [4.69, 9.17) is 27.3 Å². The second-order valence-electron chi connectivity index (χ2n) is 4.41. The van der Waals surface area contributed by atoms with E-state index >= 15 is 0 Å². The van der Waals surface area contributed by atoms with E-state index in [1.54, 1.807) is 36.4 Å². The average molecular weight is 309 g/mol. The van der Waals surface area contributed by atoms with Crippen molar-refractivity contribution in [3.8, 4) is 5.75 Å². The molecule has 0 aromatic heterocycles. The molecule has 0 aliphatic heterocycles. The summed E-state index contributed by atoms with van der Waals surface area (Å²) in [6, 6.07) is 11.7. The van der Waals surface area contributed by atoms with E-state index in [2.05, 4.69) is 5.16 Å². The molecule has 0 heterocycles. The van der Waals surface area contributed by atoms with Crippen LogP contribution in [0.3, 0.4) is 0 Å². The maximum Gasteiger partial charge on any atom is 0.143 e. The van der Waals surface area contributed by atoms with Crippen LogP contribution in [0.15, 0.2) is 47.6 Å². The molecule has 6 heteroatoms. The number of amidine groups is 1. The molecule has 0 bridgehead atoms. The number of ether oxygens (including phenoxy) is 1. The number of oxime groups is 1. The zero-order valence-electron chi connectivity index (χ0n) is 11.1. The number of nitrogens with zero attached hydrogens (tertiary/aromatic N) is 1. The highest BCUT2D eigenvalue weighted by atomic mass is 35.5. The average Bonchev–Trinajstić information content (AvgIpc) is 2.50. The largest absolute Gasteiger partial charge is 0.489 e. The van der Waals surface area contributed by atoms with Crippen LogP contribution in [-0.2, 0) is 13.0 Å². The van der Waals surface area contributed by atoms with Crippen molar-refractivity contribution in [2.75, 3.05) is 0 Å². The van der Waals surface area contributed by atoms with Gasteiger partial charge in [-0.1, -0.05) is 41.0 Å². The lowest BCUT2D eigenvalue weighted by atomic mass is 10.1. The van der Waals surface area contributed by atoms with Crippen molar-refractivity contribution in [1.82, 2.24) is 0 Å². The highest BCUT2D eigenvalue weighted by Gasteiger charge is 2.06. The predicted octanol–water partition coefficient (Wildman–Crippen LogP) is 3.35. The lowest BCUT2D eigenvalue weighted by Crippen LogP contribution is -2.14. The fraction of sp³-hybridized carbons (Fsp3) is 0.133. The molecule has 0 atom stereocenters. The second-order valence-corrected chi connectivity index (χ2v) is 4.79. The molecule has 2 rings (SSSR count). The van der Waals surface area contributed by atoms with Gasteiger partial charge in [-0.3, -0.25) is 0 Å². The minimum atomic E-state index is -0.466. The number of benzene rings is 2. The standard InChI is InChI=1S/C15H14ClFN2O2/c16-15-11(2-1-3-13(15)17)9-21-12-6-4-10(5-7-12)8-14(18)19-20/h1-7,20H,8-9H2,(H2,18,19). The van der Waals surface area contributed by atoms with E-state index in [-0.39, 0.29) is 17.5 Å². The van der Waals surface area contributed by atoms with Crippen molar-refractivity contribution >= 4 is 17.4 Å². The molecule has 0 amide bonds. The molecule has 0 saturated heterocycles. The third-order valence-corrected chi connectivity index (χ3v) is 3.29. The Morgan fingerprint density at radius 2 is 1.95 bits per heavy atom. The van der Waals surface area contributed by atoms with Crippen LogP contribution in [-0.4, -0.2) is 11.0 Å². The van der Waals surface area contributed by atoms with Gasteiger partial charge in [-0.25, -0.2) is 4.39 Å². The summed E-state index contributed by atoms with van der Waals surface area (Å²) in [6.07, 6.45) is 0.354. The lowest BCUT2D eigenvalue weighted by molar-refractivity contribution is 0.305. The fourth-order valence-corrected chi connectivity index (χ4v) is 1.95. The molecule has 4 nitrogen and oxygen atoms in total. The predicted molar refractivity (Wildman–Crippen MR) is 79.3 cm³/mol. The van der Waals surface area contributed by atoms with Gasteiger partial charge in [0.15, 0.2) is 0 Å². The molecular formula is C15H14ClFN2O2. The van der Waals surface area contributed by atoms with Crippen molar-refractivity contribution in [1.29, 1.82) is 0 Å². The second kappa shape index (κ2) is 6.95. The Morgan fingerprint density at radius 1 is 1.24 bits per heavy atom. The van der Waals surface area contributed by atoms with E-state index in [0.717, 1.165) is 5.56 Å². The Hall–Kier alpha value is -2.27. The van der Waals surface area contributed by atoms with Crippen LogP contribution in [0.4, 0.5) is 4.39 Å². The van der Waals surface area contributed by atoms with Crippen LogP contribution in [0, 0.1) is 5.82 Å². The van der Waals surface area contributed by atoms with Crippen LogP contribution in [0.5, 0.6) is 5.75 Å². The first kappa shape index (κ1) is 15.1. The molecule has 0 fully saturated rings. The Bertz CT molecular complexity index is 645. The summed E-state index contributed by atoms with van der Waals surface area (Å²) in [5.41, 5.74) is 6.90. The number of hydrogen-bond acceptors (Lipinski definition) is 3. The molecule has 0 radical (unpaired) electrons. The van der Waals surface area contributed by atoms with Gasteiger partial charge in [0.2, 0.25) is 0 Å². The molecule has 0 spiro atoms. The van der Waals surface area contributed by atoms with Gasteiger partial charge in [-0.15, -0.1) is 0 Å². The Balaban J connectivity index is 1.99. The van der Waals surface area contributed by atoms with E-state index in [1.165, 1.54) is 6.07 Å². The van der Waals surface area contributed by atoms with Gasteiger partial charge in [0.25, 0.3) is 0 Å². The number of rotatable bonds is 5. The lowest BCUT2D eigenvalue weighted by Gasteiger charge is -2.09. The third-order valence-electron chi connectivity index (χ3n) is 2.86. The molecule has 0 aliphatic rings. The van der Waals surface area contributed by atoms with Crippen molar-refractivity contribution in [3.63, 3.8) is 0 Å². The van der Waals surface area contributed by atoms with Crippen LogP contribution in [0.2, 0.25) is 5.02 Å². The number of halogens is 2. The molecule has 0 saturated carbocycles. The molecule has 0 unspecified atom stereocenters. The van der Waals surface area contributed by atoms with E-state index in [0.29, 0.717) is 17.7 Å². The van der Waals surface area contributed by atoms with Crippen LogP contribution in [0.1, 0.15) is 11.1 Å². The van der Waals surface area contributed by atoms with Crippen molar-refractivity contribution < 1.29 is 14.3 Å². The monoisotopic (exact) mass is 308 g/mol. The first-order chi connectivity index (χ1) is 10.1. The third kappa shape index (κ3) is 4.10. The highest BCUT2D eigenvalue weighted by molar-refractivity contribution is 6.31. The SMILES string of the molecule is N/C(Cc1ccc(OCc2cccc(F)c2Cl)cc1)=N/O. The van der Waals surface area contributed by atoms with Gasteiger partial charge in [0.05, 0.1) is 5.02 Å². The Labute approximate surface area is 126 Å². The summed E-state index contributed by atoms with van der Waals surface area (Å²) in [5.74, 6) is 0.292. The van der Waals surface area contributed by atoms with Gasteiger partial charge < -0.3 is 15.7 Å². The normalized spacial score (nSPS) is 11.4. The van der Waals surface area contributed by atoms with Gasteiger partial charge in [-0.05, 0) is 23.8 Å². The molecule has 110 valence electrons. The summed E-state index contributed by atoms with van der Waals surface area (Å²) in [6.45, 7) is 0.177. The zero-order valence-corrected chi connectivity index (χ0v) is 11.8. The summed E-state index contributed by atoms with van der Waals surface area (Å²) in [4.78, 5) is 0. The Morgan fingerprint density at radius 3 is 2.62 bits per heavy atom. The number of hydrogen-bond donors (Lipinski definition) is 2. The van der Waals surface area contributed by atoms with Crippen LogP contribution in [0.25, 0.3) is 0 Å². The van der Waals surface area contributed by atoms with Gasteiger partial charge >= 0.3 is 0 Å². The molecule has 3 N–H and O–H groups in total. The van der Waals surface area contributed by atoms with E-state index in [1.807, 2.05) is 0 Å². The van der Waals surface area contributed by atoms with Crippen molar-refractivity contribution in [2.45, 2.75) is 13.0 Å². The first-order valence-electron chi connectivity index (χ1n) is 6.21. The van der Waals surface area contributed by atoms with Gasteiger partial charge in [0.1, 0.15) is 24.0 Å². The Kier molecular flexibility index (Phi) is 5.00. The van der Waals surface area contributed by atoms with E-state index in [9.17, 15) is 4.39 Å². The molecule has 21 heavy (non-hydrogen) atoms. The smallest absolute Gasteiger partial charge is 0.143 e. The van der Waals surface area contributed by atoms with Crippen LogP contribution < -0.4 is 10.5 Å². The molecule has 2 aromatic rings. The van der Waals surface area contributed by atoms with E-state index < -0.39 is 5.82 Å². The summed E-state index contributed by atoms with van der Waals surface area (Å²) >= 11 is 5.85. The first-order valence-corrected chi connectivity index (χ1v) is 6.59. The van der Waals surface area contributed by atoms with Gasteiger partial charge in [-0.2, -0.15) is 0 Å². The van der Waals surface area contributed by atoms with Crippen molar-refractivity contribution in [3.05, 3.63) is 64.4 Å². The summed E-state index contributed by atoms with van der Waals surface area (Å²) < 4.78 is 18.8. The minimum absolute atomic E-state index is 0.0704. The fourth-order valence-electron chi connectivity index (χ4n) is 1.77. The molecular weight excluding hydrogens is 295 g/mol. The molecule has 0 aliphatic carbocycles. The zero-order chi connectivity index (χ0) is 15.2. The maximum atomic E-state index is 13.3.